The lowest BCUT2D eigenvalue weighted by Gasteiger charge is -1.98. The molecular weight excluding hydrogens is 216 g/mol. The number of hydrogen-bond acceptors (Lipinski definition) is 5. The number of hydrogen-bond donors (Lipinski definition) is 4. The summed E-state index contributed by atoms with van der Waals surface area (Å²) < 4.78 is 0. The Morgan fingerprint density at radius 3 is 2.81 bits per heavy atom. The lowest BCUT2D eigenvalue weighted by Crippen LogP contribution is -2.17. The van der Waals surface area contributed by atoms with Gasteiger partial charge in [-0.2, -0.15) is 10.1 Å². The minimum atomic E-state index is -1.26. The van der Waals surface area contributed by atoms with E-state index < -0.39 is 11.9 Å². The van der Waals surface area contributed by atoms with E-state index in [1.54, 1.807) is 0 Å². The Balaban J connectivity index is 2.21. The summed E-state index contributed by atoms with van der Waals surface area (Å²) in [5, 5.41) is 17.0. The molecule has 0 fully saturated rings. The maximum atomic E-state index is 11.6. The molecule has 2 aromatic rings. The smallest absolute Gasteiger partial charge is 0.354 e. The van der Waals surface area contributed by atoms with Gasteiger partial charge >= 0.3 is 5.97 Å². The number of aromatic carboxylic acids is 1. The molecule has 0 radical (unpaired) electrons. The Morgan fingerprint density at radius 2 is 2.19 bits per heavy atom. The van der Waals surface area contributed by atoms with E-state index in [0.717, 1.165) is 6.33 Å². The molecule has 1 amide bonds. The molecule has 2 heterocycles. The second kappa shape index (κ2) is 3.81. The van der Waals surface area contributed by atoms with Crippen molar-refractivity contribution < 1.29 is 14.7 Å². The molecule has 0 aliphatic rings. The molecular formula is C7H6N6O3. The fraction of sp³-hybridized carbons (Fsp3) is 0. The summed E-state index contributed by atoms with van der Waals surface area (Å²) in [6.07, 6.45) is 2.33. The standard InChI is InChI=1S/C7H6N6O3/c14-5(12-7-10-2-11-13-7)3-4(6(15)16)9-1-8-3/h1-2H,(H,8,9)(H,15,16)(H2,10,11,12,13,14). The van der Waals surface area contributed by atoms with Crippen LogP contribution in [0.4, 0.5) is 5.95 Å². The first-order valence-electron chi connectivity index (χ1n) is 4.12. The lowest BCUT2D eigenvalue weighted by atomic mass is 10.3. The molecule has 2 aromatic heterocycles. The van der Waals surface area contributed by atoms with E-state index in [0.29, 0.717) is 0 Å². The number of nitrogens with zero attached hydrogens (tertiary/aromatic N) is 3. The van der Waals surface area contributed by atoms with Gasteiger partial charge in [-0.3, -0.25) is 10.1 Å². The largest absolute Gasteiger partial charge is 0.477 e. The summed E-state index contributed by atoms with van der Waals surface area (Å²) in [6, 6.07) is 0. The minimum absolute atomic E-state index is 0.115. The van der Waals surface area contributed by atoms with Crippen LogP contribution in [0.5, 0.6) is 0 Å². The first kappa shape index (κ1) is 9.83. The van der Waals surface area contributed by atoms with Crippen LogP contribution in [-0.2, 0) is 0 Å². The molecule has 0 atom stereocenters. The molecule has 2 rings (SSSR count). The van der Waals surface area contributed by atoms with Crippen LogP contribution in [0.1, 0.15) is 21.0 Å². The number of H-pyrrole nitrogens is 2. The number of carboxylic acid groups (broad SMARTS) is 1. The molecule has 9 nitrogen and oxygen atoms in total. The monoisotopic (exact) mass is 222 g/mol. The van der Waals surface area contributed by atoms with Crippen molar-refractivity contribution in [3.63, 3.8) is 0 Å². The molecule has 0 saturated carbocycles. The van der Waals surface area contributed by atoms with Gasteiger partial charge in [0.25, 0.3) is 5.91 Å². The summed E-state index contributed by atoms with van der Waals surface area (Å²) in [5.41, 5.74) is -0.499. The Labute approximate surface area is 87.9 Å². The number of amides is 1. The predicted octanol–water partition coefficient (Wildman–Crippen LogP) is -0.522. The zero-order valence-electron chi connectivity index (χ0n) is 7.76. The van der Waals surface area contributed by atoms with Gasteiger partial charge in [0.15, 0.2) is 11.4 Å². The Morgan fingerprint density at radius 1 is 1.38 bits per heavy atom. The van der Waals surface area contributed by atoms with Gasteiger partial charge in [-0.05, 0) is 0 Å². The van der Waals surface area contributed by atoms with Crippen LogP contribution in [0.25, 0.3) is 0 Å². The van der Waals surface area contributed by atoms with Crippen molar-refractivity contribution in [2.24, 2.45) is 0 Å². The Kier molecular flexibility index (Phi) is 2.34. The number of aromatic nitrogens is 5. The van der Waals surface area contributed by atoms with E-state index in [9.17, 15) is 9.59 Å². The number of aromatic amines is 2. The van der Waals surface area contributed by atoms with Crippen molar-refractivity contribution in [1.29, 1.82) is 0 Å². The second-order valence-electron chi connectivity index (χ2n) is 2.72. The number of carboxylic acids is 1. The van der Waals surface area contributed by atoms with E-state index in [1.807, 2.05) is 0 Å². The highest BCUT2D eigenvalue weighted by Gasteiger charge is 2.20. The van der Waals surface area contributed by atoms with Crippen LogP contribution in [0.2, 0.25) is 0 Å². The van der Waals surface area contributed by atoms with Crippen LogP contribution in [0, 0.1) is 0 Å². The highest BCUT2D eigenvalue weighted by atomic mass is 16.4. The summed E-state index contributed by atoms with van der Waals surface area (Å²) in [4.78, 5) is 31.9. The van der Waals surface area contributed by atoms with Crippen molar-refractivity contribution in [2.45, 2.75) is 0 Å². The maximum Gasteiger partial charge on any atom is 0.354 e. The maximum absolute atomic E-state index is 11.6. The lowest BCUT2D eigenvalue weighted by molar-refractivity contribution is 0.0686. The fourth-order valence-electron chi connectivity index (χ4n) is 1.06. The van der Waals surface area contributed by atoms with Gasteiger partial charge in [0.2, 0.25) is 5.95 Å². The SMILES string of the molecule is O=C(Nc1ncn[nH]1)c1nc[nH]c1C(=O)O. The van der Waals surface area contributed by atoms with Crippen molar-refractivity contribution in [1.82, 2.24) is 25.1 Å². The quantitative estimate of drug-likeness (QED) is 0.551. The summed E-state index contributed by atoms with van der Waals surface area (Å²) in [6.45, 7) is 0. The number of carbonyl (C=O) groups is 2. The Bertz CT molecular complexity index is 516. The number of anilines is 1. The van der Waals surface area contributed by atoms with Gasteiger partial charge in [0.05, 0.1) is 6.33 Å². The fourth-order valence-corrected chi connectivity index (χ4v) is 1.06. The van der Waals surface area contributed by atoms with Crippen LogP contribution in [0.3, 0.4) is 0 Å². The molecule has 0 bridgehead atoms. The van der Waals surface area contributed by atoms with E-state index in [2.05, 4.69) is 30.5 Å². The van der Waals surface area contributed by atoms with Crippen molar-refractivity contribution in [2.75, 3.05) is 5.32 Å². The number of carbonyl (C=O) groups excluding carboxylic acids is 1. The van der Waals surface area contributed by atoms with Crippen LogP contribution in [-0.4, -0.2) is 42.1 Å². The average Bonchev–Trinajstić information content (AvgIpc) is 2.86. The molecule has 16 heavy (non-hydrogen) atoms. The average molecular weight is 222 g/mol. The van der Waals surface area contributed by atoms with Gasteiger partial charge < -0.3 is 10.1 Å². The minimum Gasteiger partial charge on any atom is -0.477 e. The Hall–Kier alpha value is -2.71. The molecule has 82 valence electrons. The summed E-state index contributed by atoms with van der Waals surface area (Å²) in [5.74, 6) is -1.83. The molecule has 4 N–H and O–H groups in total. The molecule has 0 saturated heterocycles. The molecule has 9 heteroatoms. The number of imidazole rings is 1. The van der Waals surface area contributed by atoms with Gasteiger partial charge in [0, 0.05) is 0 Å². The van der Waals surface area contributed by atoms with E-state index >= 15 is 0 Å². The van der Waals surface area contributed by atoms with Crippen LogP contribution < -0.4 is 5.32 Å². The summed E-state index contributed by atoms with van der Waals surface area (Å²) >= 11 is 0. The predicted molar refractivity (Wildman–Crippen MR) is 49.9 cm³/mol. The third-order valence-corrected chi connectivity index (χ3v) is 1.72. The van der Waals surface area contributed by atoms with Crippen LogP contribution in [0.15, 0.2) is 12.7 Å². The molecule has 0 aliphatic carbocycles. The highest BCUT2D eigenvalue weighted by Crippen LogP contribution is 2.05. The van der Waals surface area contributed by atoms with Gasteiger partial charge in [-0.25, -0.2) is 14.9 Å². The number of nitrogens with one attached hydrogen (secondary N) is 3. The van der Waals surface area contributed by atoms with Gasteiger partial charge in [-0.15, -0.1) is 0 Å². The first-order chi connectivity index (χ1) is 7.68. The highest BCUT2D eigenvalue weighted by molar-refractivity contribution is 6.07. The van der Waals surface area contributed by atoms with Crippen molar-refractivity contribution >= 4 is 17.8 Å². The summed E-state index contributed by atoms with van der Waals surface area (Å²) in [7, 11) is 0. The molecule has 0 aliphatic heterocycles. The van der Waals surface area contributed by atoms with Gasteiger partial charge in [-0.1, -0.05) is 0 Å². The van der Waals surface area contributed by atoms with Crippen molar-refractivity contribution in [3.8, 4) is 0 Å². The normalized spacial score (nSPS) is 10.0. The first-order valence-corrected chi connectivity index (χ1v) is 4.12. The molecule has 0 unspecified atom stereocenters. The van der Waals surface area contributed by atoms with Gasteiger partial charge in [0.1, 0.15) is 6.33 Å². The van der Waals surface area contributed by atoms with E-state index in [4.69, 9.17) is 5.11 Å². The number of rotatable bonds is 3. The topological polar surface area (TPSA) is 137 Å². The third kappa shape index (κ3) is 1.73. The molecule has 0 spiro atoms. The third-order valence-electron chi connectivity index (χ3n) is 1.72. The zero-order chi connectivity index (χ0) is 11.5. The molecule has 0 aromatic carbocycles. The van der Waals surface area contributed by atoms with E-state index in [-0.39, 0.29) is 17.3 Å². The second-order valence-corrected chi connectivity index (χ2v) is 2.72. The van der Waals surface area contributed by atoms with E-state index in [1.165, 1.54) is 6.33 Å². The van der Waals surface area contributed by atoms with Crippen molar-refractivity contribution in [3.05, 3.63) is 24.0 Å². The zero-order valence-corrected chi connectivity index (χ0v) is 7.76. The van der Waals surface area contributed by atoms with Crippen LogP contribution >= 0.6 is 0 Å².